The average molecular weight is 249 g/mol. The van der Waals surface area contributed by atoms with E-state index in [0.29, 0.717) is 19.3 Å². The van der Waals surface area contributed by atoms with Crippen molar-refractivity contribution in [1.82, 2.24) is 0 Å². The van der Waals surface area contributed by atoms with Gasteiger partial charge in [0.15, 0.2) is 0 Å². The molecule has 0 amide bonds. The highest BCUT2D eigenvalue weighted by Crippen LogP contribution is 2.39. The molecule has 0 aliphatic heterocycles. The van der Waals surface area contributed by atoms with Crippen LogP contribution >= 0.6 is 11.3 Å². The van der Waals surface area contributed by atoms with E-state index in [4.69, 9.17) is 0 Å². The van der Waals surface area contributed by atoms with E-state index in [1.807, 2.05) is 24.4 Å². The van der Waals surface area contributed by atoms with Crippen LogP contribution in [0.15, 0.2) is 17.5 Å². The Bertz CT molecular complexity index is 402. The predicted molar refractivity (Wildman–Crippen MR) is 71.0 cm³/mol. The van der Waals surface area contributed by atoms with Crippen molar-refractivity contribution in [2.75, 3.05) is 0 Å². The van der Waals surface area contributed by atoms with E-state index in [1.54, 1.807) is 11.3 Å². The number of hydrogen-bond donors (Lipinski definition) is 0. The molecule has 1 unspecified atom stereocenters. The molecule has 1 aromatic rings. The van der Waals surface area contributed by atoms with Gasteiger partial charge in [0.1, 0.15) is 5.78 Å². The van der Waals surface area contributed by atoms with Gasteiger partial charge in [0, 0.05) is 17.7 Å². The standard InChI is InChI=1S/C14H19NOS/c1-4-12(16)7-8-14(10-15,11(2)3)13-6-5-9-17-13/h5-6,9,11H,4,7-8H2,1-3H3. The summed E-state index contributed by atoms with van der Waals surface area (Å²) in [6.45, 7) is 5.98. The van der Waals surface area contributed by atoms with E-state index in [-0.39, 0.29) is 11.7 Å². The van der Waals surface area contributed by atoms with E-state index >= 15 is 0 Å². The topological polar surface area (TPSA) is 40.9 Å². The number of carbonyl (C=O) groups excluding carboxylic acids is 1. The summed E-state index contributed by atoms with van der Waals surface area (Å²) in [5.74, 6) is 0.456. The van der Waals surface area contributed by atoms with Gasteiger partial charge in [-0.15, -0.1) is 11.3 Å². The van der Waals surface area contributed by atoms with Crippen LogP contribution in [0.3, 0.4) is 0 Å². The fourth-order valence-corrected chi connectivity index (χ4v) is 3.04. The SMILES string of the molecule is CCC(=O)CCC(C#N)(c1cccs1)C(C)C. The molecule has 3 heteroatoms. The lowest BCUT2D eigenvalue weighted by Gasteiger charge is -2.29. The van der Waals surface area contributed by atoms with Gasteiger partial charge < -0.3 is 0 Å². The summed E-state index contributed by atoms with van der Waals surface area (Å²) in [7, 11) is 0. The van der Waals surface area contributed by atoms with Crippen LogP contribution in [-0.2, 0) is 10.2 Å². The number of carbonyl (C=O) groups is 1. The van der Waals surface area contributed by atoms with E-state index in [1.165, 1.54) is 0 Å². The van der Waals surface area contributed by atoms with Gasteiger partial charge in [-0.05, 0) is 23.8 Å². The van der Waals surface area contributed by atoms with Crippen molar-refractivity contribution in [3.8, 4) is 6.07 Å². The minimum absolute atomic E-state index is 0.218. The molecule has 0 N–H and O–H groups in total. The van der Waals surface area contributed by atoms with Crippen LogP contribution in [0, 0.1) is 17.2 Å². The molecule has 0 saturated heterocycles. The molecule has 0 aliphatic rings. The van der Waals surface area contributed by atoms with E-state index in [2.05, 4.69) is 19.9 Å². The molecule has 0 radical (unpaired) electrons. The Morgan fingerprint density at radius 3 is 2.71 bits per heavy atom. The average Bonchev–Trinajstić information content (AvgIpc) is 2.84. The van der Waals surface area contributed by atoms with Gasteiger partial charge in [-0.25, -0.2) is 0 Å². The molecule has 1 heterocycles. The predicted octanol–water partition coefficient (Wildman–Crippen LogP) is 3.92. The Kier molecular flexibility index (Phi) is 4.89. The van der Waals surface area contributed by atoms with Crippen LogP contribution < -0.4 is 0 Å². The quantitative estimate of drug-likeness (QED) is 0.766. The summed E-state index contributed by atoms with van der Waals surface area (Å²) in [6.07, 6.45) is 1.69. The normalized spacial score (nSPS) is 14.3. The zero-order valence-corrected chi connectivity index (χ0v) is 11.5. The highest BCUT2D eigenvalue weighted by molar-refractivity contribution is 7.10. The maximum absolute atomic E-state index is 11.5. The van der Waals surface area contributed by atoms with E-state index < -0.39 is 5.41 Å². The molecule has 2 nitrogen and oxygen atoms in total. The van der Waals surface area contributed by atoms with Crippen LogP contribution in [0.25, 0.3) is 0 Å². The Balaban J connectivity index is 2.95. The van der Waals surface area contributed by atoms with Crippen molar-refractivity contribution < 1.29 is 4.79 Å². The molecule has 1 rings (SSSR count). The molecule has 0 bridgehead atoms. The fraction of sp³-hybridized carbons (Fsp3) is 0.571. The fourth-order valence-electron chi connectivity index (χ4n) is 1.98. The first-order valence-electron chi connectivity index (χ1n) is 6.03. The zero-order valence-electron chi connectivity index (χ0n) is 10.7. The minimum atomic E-state index is -0.501. The van der Waals surface area contributed by atoms with Crippen LogP contribution in [0.2, 0.25) is 0 Å². The highest BCUT2D eigenvalue weighted by Gasteiger charge is 2.36. The molecule has 0 saturated carbocycles. The number of hydrogen-bond acceptors (Lipinski definition) is 3. The number of nitriles is 1. The van der Waals surface area contributed by atoms with E-state index in [0.717, 1.165) is 4.88 Å². The Hall–Kier alpha value is -1.14. The summed E-state index contributed by atoms with van der Waals surface area (Å²) >= 11 is 1.61. The molecular weight excluding hydrogens is 230 g/mol. The third-order valence-corrected chi connectivity index (χ3v) is 4.39. The number of ketones is 1. The summed E-state index contributed by atoms with van der Waals surface area (Å²) in [5, 5.41) is 11.5. The lowest BCUT2D eigenvalue weighted by atomic mass is 9.73. The second-order valence-electron chi connectivity index (χ2n) is 4.61. The second kappa shape index (κ2) is 5.97. The van der Waals surface area contributed by atoms with Crippen molar-refractivity contribution in [3.05, 3.63) is 22.4 Å². The summed E-state index contributed by atoms with van der Waals surface area (Å²) in [5.41, 5.74) is -0.501. The van der Waals surface area contributed by atoms with Gasteiger partial charge >= 0.3 is 0 Å². The molecule has 1 atom stereocenters. The lowest BCUT2D eigenvalue weighted by Crippen LogP contribution is -2.30. The Labute approximate surface area is 107 Å². The molecule has 17 heavy (non-hydrogen) atoms. The molecule has 1 aromatic heterocycles. The molecule has 92 valence electrons. The summed E-state index contributed by atoms with van der Waals surface area (Å²) in [4.78, 5) is 12.5. The van der Waals surface area contributed by atoms with Crippen LogP contribution in [-0.4, -0.2) is 5.78 Å². The Morgan fingerprint density at radius 2 is 2.29 bits per heavy atom. The third-order valence-electron chi connectivity index (χ3n) is 3.34. The number of thiophene rings is 1. The second-order valence-corrected chi connectivity index (χ2v) is 5.56. The molecule has 0 spiro atoms. The maximum atomic E-state index is 11.5. The largest absolute Gasteiger partial charge is 0.300 e. The smallest absolute Gasteiger partial charge is 0.132 e. The van der Waals surface area contributed by atoms with Crippen molar-refractivity contribution in [2.45, 2.75) is 45.4 Å². The van der Waals surface area contributed by atoms with Gasteiger partial charge in [-0.1, -0.05) is 26.8 Å². The van der Waals surface area contributed by atoms with Crippen molar-refractivity contribution in [1.29, 1.82) is 5.26 Å². The zero-order chi connectivity index (χ0) is 12.9. The highest BCUT2D eigenvalue weighted by atomic mass is 32.1. The van der Waals surface area contributed by atoms with Gasteiger partial charge in [0.25, 0.3) is 0 Å². The van der Waals surface area contributed by atoms with Crippen LogP contribution in [0.5, 0.6) is 0 Å². The van der Waals surface area contributed by atoms with Gasteiger partial charge in [-0.2, -0.15) is 5.26 Å². The summed E-state index contributed by atoms with van der Waals surface area (Å²) < 4.78 is 0. The van der Waals surface area contributed by atoms with Crippen LogP contribution in [0.1, 0.15) is 44.9 Å². The third kappa shape index (κ3) is 2.95. The first-order valence-corrected chi connectivity index (χ1v) is 6.91. The van der Waals surface area contributed by atoms with Gasteiger partial charge in [0.2, 0.25) is 0 Å². The lowest BCUT2D eigenvalue weighted by molar-refractivity contribution is -0.119. The van der Waals surface area contributed by atoms with Crippen LogP contribution in [0.4, 0.5) is 0 Å². The first-order chi connectivity index (χ1) is 8.06. The van der Waals surface area contributed by atoms with Crippen molar-refractivity contribution in [2.24, 2.45) is 5.92 Å². The molecule has 0 aliphatic carbocycles. The molecule has 0 aromatic carbocycles. The number of Topliss-reactive ketones (excluding diaryl/α,β-unsaturated/α-hetero) is 1. The minimum Gasteiger partial charge on any atom is -0.300 e. The number of rotatable bonds is 6. The Morgan fingerprint density at radius 1 is 1.59 bits per heavy atom. The molecular formula is C14H19NOS. The van der Waals surface area contributed by atoms with Crippen molar-refractivity contribution in [3.63, 3.8) is 0 Å². The van der Waals surface area contributed by atoms with Gasteiger partial charge in [-0.3, -0.25) is 4.79 Å². The summed E-state index contributed by atoms with van der Waals surface area (Å²) in [6, 6.07) is 6.43. The van der Waals surface area contributed by atoms with E-state index in [9.17, 15) is 10.1 Å². The van der Waals surface area contributed by atoms with Gasteiger partial charge in [0.05, 0.1) is 11.5 Å². The maximum Gasteiger partial charge on any atom is 0.132 e. The molecule has 0 fully saturated rings. The number of nitrogens with zero attached hydrogens (tertiary/aromatic N) is 1. The van der Waals surface area contributed by atoms with Crippen molar-refractivity contribution >= 4 is 17.1 Å². The monoisotopic (exact) mass is 249 g/mol. The first kappa shape index (κ1) is 13.9.